The maximum atomic E-state index is 13.2. The Morgan fingerprint density at radius 2 is 1.64 bits per heavy atom. The summed E-state index contributed by atoms with van der Waals surface area (Å²) in [6.45, 7) is 0.630. The lowest BCUT2D eigenvalue weighted by Gasteiger charge is -2.09. The van der Waals surface area contributed by atoms with Gasteiger partial charge in [0.1, 0.15) is 12.4 Å². The van der Waals surface area contributed by atoms with Crippen LogP contribution in [-0.4, -0.2) is 43.5 Å². The van der Waals surface area contributed by atoms with Gasteiger partial charge in [-0.25, -0.2) is 9.55 Å². The molecule has 33 heavy (non-hydrogen) atoms. The first-order chi connectivity index (χ1) is 16.1. The van der Waals surface area contributed by atoms with Crippen LogP contribution < -0.4 is 15.9 Å². The molecule has 4 heterocycles. The molecule has 0 aliphatic heterocycles. The molecule has 166 valence electrons. The first-order valence-corrected chi connectivity index (χ1v) is 10.2. The first kappa shape index (κ1) is 20.6. The summed E-state index contributed by atoms with van der Waals surface area (Å²) in [6.07, 6.45) is 3.27. The number of rotatable bonds is 6. The van der Waals surface area contributed by atoms with Gasteiger partial charge in [-0.1, -0.05) is 12.1 Å². The predicted octanol–water partition coefficient (Wildman–Crippen LogP) is 2.02. The van der Waals surface area contributed by atoms with Crippen molar-refractivity contribution in [2.75, 3.05) is 14.2 Å². The second-order valence-corrected chi connectivity index (χ2v) is 7.46. The Morgan fingerprint density at radius 1 is 0.909 bits per heavy atom. The molecule has 1 aromatic carbocycles. The number of aromatic nitrogens is 6. The van der Waals surface area contributed by atoms with Gasteiger partial charge in [0, 0.05) is 19.5 Å². The zero-order valence-corrected chi connectivity index (χ0v) is 18.0. The van der Waals surface area contributed by atoms with Gasteiger partial charge < -0.3 is 14.0 Å². The monoisotopic (exact) mass is 444 g/mol. The van der Waals surface area contributed by atoms with E-state index in [1.807, 2.05) is 24.3 Å². The van der Waals surface area contributed by atoms with Crippen LogP contribution in [-0.2, 0) is 17.9 Å². The summed E-state index contributed by atoms with van der Waals surface area (Å²) in [4.78, 5) is 35.1. The molecule has 10 nitrogen and oxygen atoms in total. The second kappa shape index (κ2) is 8.32. The number of hydrogen-bond donors (Lipinski definition) is 1. The smallest absolute Gasteiger partial charge is 0.267 e. The van der Waals surface area contributed by atoms with Crippen molar-refractivity contribution in [2.45, 2.75) is 13.2 Å². The van der Waals surface area contributed by atoms with Crippen molar-refractivity contribution in [3.8, 4) is 11.7 Å². The van der Waals surface area contributed by atoms with E-state index in [4.69, 9.17) is 9.47 Å². The number of H-pyrrole nitrogens is 1. The maximum absolute atomic E-state index is 13.2. The number of nitrogens with zero attached hydrogens (tertiary/aromatic N) is 5. The van der Waals surface area contributed by atoms with Crippen LogP contribution in [0.25, 0.3) is 27.8 Å². The molecule has 5 aromatic rings. The molecular formula is C23H20N6O4. The molecule has 10 heteroatoms. The van der Waals surface area contributed by atoms with Crippen molar-refractivity contribution in [1.29, 1.82) is 0 Å². The zero-order valence-electron chi connectivity index (χ0n) is 18.0. The van der Waals surface area contributed by atoms with Crippen molar-refractivity contribution in [1.82, 2.24) is 29.3 Å². The van der Waals surface area contributed by atoms with Crippen molar-refractivity contribution < 1.29 is 9.47 Å². The summed E-state index contributed by atoms with van der Waals surface area (Å²) in [5.74, 6) is 1.44. The lowest BCUT2D eigenvalue weighted by atomic mass is 10.1. The Kier molecular flexibility index (Phi) is 5.19. The lowest BCUT2D eigenvalue weighted by Crippen LogP contribution is -2.22. The fourth-order valence-corrected chi connectivity index (χ4v) is 3.67. The molecule has 0 aliphatic carbocycles. The molecule has 1 N–H and O–H groups in total. The molecule has 0 unspecified atom stereocenters. The summed E-state index contributed by atoms with van der Waals surface area (Å²) in [7, 11) is 3.15. The van der Waals surface area contributed by atoms with Gasteiger partial charge in [-0.15, -0.1) is 5.10 Å². The third-order valence-electron chi connectivity index (χ3n) is 5.34. The van der Waals surface area contributed by atoms with Gasteiger partial charge in [-0.3, -0.25) is 14.7 Å². The molecule has 0 aliphatic rings. The molecule has 4 aromatic heterocycles. The van der Waals surface area contributed by atoms with Crippen LogP contribution in [0.5, 0.6) is 5.75 Å². The largest absolute Gasteiger partial charge is 0.497 e. The number of ether oxygens (including phenoxy) is 2. The van der Waals surface area contributed by atoms with E-state index in [0.29, 0.717) is 34.2 Å². The highest BCUT2D eigenvalue weighted by Crippen LogP contribution is 2.16. The van der Waals surface area contributed by atoms with Gasteiger partial charge in [0.2, 0.25) is 0 Å². The van der Waals surface area contributed by atoms with Crippen molar-refractivity contribution >= 4 is 21.8 Å². The lowest BCUT2D eigenvalue weighted by molar-refractivity contribution is 0.178. The second-order valence-electron chi connectivity index (χ2n) is 7.46. The van der Waals surface area contributed by atoms with E-state index in [-0.39, 0.29) is 23.7 Å². The maximum Gasteiger partial charge on any atom is 0.267 e. The highest BCUT2D eigenvalue weighted by atomic mass is 16.5. The molecule has 0 bridgehead atoms. The van der Waals surface area contributed by atoms with Crippen LogP contribution in [0.15, 0.2) is 64.4 Å². The van der Waals surface area contributed by atoms with Crippen molar-refractivity contribution in [3.05, 3.63) is 87.0 Å². The van der Waals surface area contributed by atoms with Gasteiger partial charge in [-0.2, -0.15) is 4.98 Å². The third kappa shape index (κ3) is 3.76. The van der Waals surface area contributed by atoms with Gasteiger partial charge in [-0.05, 0) is 35.9 Å². The molecule has 0 amide bonds. The molecule has 0 saturated heterocycles. The number of pyridine rings is 3. The summed E-state index contributed by atoms with van der Waals surface area (Å²) in [6, 6.07) is 12.6. The van der Waals surface area contributed by atoms with E-state index in [2.05, 4.69) is 20.2 Å². The molecule has 0 fully saturated rings. The third-order valence-corrected chi connectivity index (χ3v) is 5.34. The van der Waals surface area contributed by atoms with E-state index in [0.717, 1.165) is 11.3 Å². The Balaban J connectivity index is 1.59. The minimum absolute atomic E-state index is 0.194. The fourth-order valence-electron chi connectivity index (χ4n) is 3.67. The van der Waals surface area contributed by atoms with Crippen LogP contribution in [0.1, 0.15) is 11.4 Å². The number of hydrogen-bond acceptors (Lipinski definition) is 7. The van der Waals surface area contributed by atoms with Crippen molar-refractivity contribution in [3.63, 3.8) is 0 Å². The Morgan fingerprint density at radius 3 is 2.36 bits per heavy atom. The van der Waals surface area contributed by atoms with Crippen LogP contribution in [0.4, 0.5) is 0 Å². The molecule has 5 rings (SSSR count). The Bertz CT molecular complexity index is 1580. The van der Waals surface area contributed by atoms with Crippen LogP contribution in [0.3, 0.4) is 0 Å². The topological polar surface area (TPSA) is 117 Å². The fraction of sp³-hybridized carbons (Fsp3) is 0.174. The average Bonchev–Trinajstić information content (AvgIpc) is 3.29. The van der Waals surface area contributed by atoms with E-state index < -0.39 is 0 Å². The highest BCUT2D eigenvalue weighted by Gasteiger charge is 2.13. The minimum atomic E-state index is -0.366. The van der Waals surface area contributed by atoms with Gasteiger partial charge in [0.05, 0.1) is 35.5 Å². The number of nitrogens with one attached hydrogen (secondary N) is 1. The van der Waals surface area contributed by atoms with Crippen LogP contribution >= 0.6 is 0 Å². The highest BCUT2D eigenvalue weighted by molar-refractivity contribution is 5.91. The van der Waals surface area contributed by atoms with Crippen LogP contribution in [0, 0.1) is 0 Å². The van der Waals surface area contributed by atoms with E-state index in [9.17, 15) is 9.59 Å². The summed E-state index contributed by atoms with van der Waals surface area (Å²) < 4.78 is 13.1. The average molecular weight is 444 g/mol. The Hall–Kier alpha value is -4.31. The first-order valence-electron chi connectivity index (χ1n) is 10.2. The SMILES string of the molecule is COCc1nc(-n2ccc3nc4ccn(Cc5ccc(OC)cc5)c(=O)c4cc3c2=O)n[nH]1. The standard InChI is InChI=1S/C23H20N6O4/c1-32-13-20-25-23(27-26-20)29-10-8-19-17(22(29)31)11-16-18(24-19)7-9-28(21(16)30)12-14-3-5-15(33-2)6-4-14/h3-11H,12-13H2,1-2H3,(H,25,26,27). The number of methoxy groups -OCH3 is 2. The predicted molar refractivity (Wildman–Crippen MR) is 122 cm³/mol. The number of aromatic amines is 1. The van der Waals surface area contributed by atoms with Crippen molar-refractivity contribution in [2.24, 2.45) is 0 Å². The van der Waals surface area contributed by atoms with E-state index in [1.54, 1.807) is 49.4 Å². The van der Waals surface area contributed by atoms with Gasteiger partial charge in [0.15, 0.2) is 5.82 Å². The van der Waals surface area contributed by atoms with E-state index in [1.165, 1.54) is 4.57 Å². The number of fused-ring (bicyclic) bond motifs is 2. The molecular weight excluding hydrogens is 424 g/mol. The summed E-state index contributed by atoms with van der Waals surface area (Å²) in [5, 5.41) is 7.48. The van der Waals surface area contributed by atoms with Gasteiger partial charge in [0.25, 0.3) is 17.1 Å². The summed E-state index contributed by atoms with van der Waals surface area (Å²) in [5.41, 5.74) is 1.37. The number of benzene rings is 1. The molecule has 0 atom stereocenters. The van der Waals surface area contributed by atoms with Gasteiger partial charge >= 0.3 is 0 Å². The minimum Gasteiger partial charge on any atom is -0.497 e. The Labute approximate surface area is 187 Å². The molecule has 0 radical (unpaired) electrons. The molecule has 0 saturated carbocycles. The molecule has 0 spiro atoms. The van der Waals surface area contributed by atoms with E-state index >= 15 is 0 Å². The normalized spacial score (nSPS) is 11.3. The zero-order chi connectivity index (χ0) is 22.9. The summed E-state index contributed by atoms with van der Waals surface area (Å²) >= 11 is 0. The quantitative estimate of drug-likeness (QED) is 0.398. The van der Waals surface area contributed by atoms with Crippen LogP contribution in [0.2, 0.25) is 0 Å².